The van der Waals surface area contributed by atoms with Gasteiger partial charge in [-0.05, 0) is 48.4 Å². The molecule has 0 saturated heterocycles. The molecule has 0 aliphatic carbocycles. The molecule has 6 nitrogen and oxygen atoms in total. The Balaban J connectivity index is 2.47. The van der Waals surface area contributed by atoms with Crippen molar-refractivity contribution in [3.63, 3.8) is 0 Å². The van der Waals surface area contributed by atoms with E-state index in [-0.39, 0.29) is 0 Å². The number of carbonyl (C=O) groups is 2. The van der Waals surface area contributed by atoms with Crippen molar-refractivity contribution in [1.82, 2.24) is 5.32 Å². The van der Waals surface area contributed by atoms with Gasteiger partial charge in [-0.15, -0.1) is 11.8 Å². The Morgan fingerprint density at radius 2 is 1.76 bits per heavy atom. The van der Waals surface area contributed by atoms with Gasteiger partial charge in [0.15, 0.2) is 0 Å². The highest BCUT2D eigenvalue weighted by molar-refractivity contribution is 7.98. The lowest BCUT2D eigenvalue weighted by Crippen LogP contribution is -2.41. The second kappa shape index (κ2) is 9.17. The van der Waals surface area contributed by atoms with E-state index in [1.54, 1.807) is 6.07 Å². The molecule has 0 spiro atoms. The first-order chi connectivity index (χ1) is 13.5. The molecule has 0 aliphatic heterocycles. The summed E-state index contributed by atoms with van der Waals surface area (Å²) in [5.74, 6) is -0.934. The average molecular weight is 420 g/mol. The van der Waals surface area contributed by atoms with Crippen LogP contribution in [0.3, 0.4) is 0 Å². The van der Waals surface area contributed by atoms with Crippen molar-refractivity contribution in [2.24, 2.45) is 0 Å². The van der Waals surface area contributed by atoms with Crippen molar-refractivity contribution < 1.29 is 19.1 Å². The highest BCUT2D eigenvalue weighted by Crippen LogP contribution is 2.36. The van der Waals surface area contributed by atoms with Gasteiger partial charge in [0.05, 0.1) is 17.1 Å². The first-order valence-electron chi connectivity index (χ1n) is 9.07. The lowest BCUT2D eigenvalue weighted by atomic mass is 9.86. The quantitative estimate of drug-likeness (QED) is 0.484. The lowest BCUT2D eigenvalue weighted by Gasteiger charge is -2.24. The molecule has 2 aromatic rings. The minimum Gasteiger partial charge on any atom is -0.465 e. The Bertz CT molecular complexity index is 913. The summed E-state index contributed by atoms with van der Waals surface area (Å²) in [5, 5.41) is 16.8. The van der Waals surface area contributed by atoms with Gasteiger partial charge >= 0.3 is 6.09 Å². The van der Waals surface area contributed by atoms with Gasteiger partial charge in [0.2, 0.25) is 5.91 Å². The Hall–Kier alpha value is -2.74. The molecule has 0 fully saturated rings. The number of thioether (sulfide) groups is 1. The van der Waals surface area contributed by atoms with E-state index in [4.69, 9.17) is 5.11 Å². The van der Waals surface area contributed by atoms with Crippen LogP contribution in [0.1, 0.15) is 33.3 Å². The second-order valence-electron chi connectivity index (χ2n) is 7.61. The molecule has 4 N–H and O–H groups in total. The molecule has 2 amide bonds. The molecule has 0 aromatic heterocycles. The van der Waals surface area contributed by atoms with Crippen LogP contribution in [0, 0.1) is 5.82 Å². The largest absolute Gasteiger partial charge is 0.465 e. The standard InChI is InChI=1S/C21H26FN3O3S/c1-12(23-20(27)28)19(26)25-16-10-13(21(2,3)4)14(22)11-17(16)24-15-8-6-7-9-18(15)29-5/h6-12,23-24H,1-5H3,(H,25,26)(H,27,28). The number of carboxylic acid groups (broad SMARTS) is 1. The van der Waals surface area contributed by atoms with Crippen molar-refractivity contribution in [3.8, 4) is 0 Å². The van der Waals surface area contributed by atoms with Crippen LogP contribution in [0.4, 0.5) is 26.2 Å². The average Bonchev–Trinajstić information content (AvgIpc) is 2.62. The number of anilines is 3. The molecule has 1 unspecified atom stereocenters. The van der Waals surface area contributed by atoms with Gasteiger partial charge in [-0.2, -0.15) is 0 Å². The van der Waals surface area contributed by atoms with Crippen molar-refractivity contribution in [3.05, 3.63) is 47.8 Å². The molecule has 0 saturated carbocycles. The fourth-order valence-corrected chi connectivity index (χ4v) is 3.29. The number of carbonyl (C=O) groups excluding carboxylic acids is 1. The molecule has 156 valence electrons. The van der Waals surface area contributed by atoms with E-state index in [0.717, 1.165) is 10.6 Å². The molecular formula is C21H26FN3O3S. The zero-order valence-corrected chi connectivity index (χ0v) is 17.9. The van der Waals surface area contributed by atoms with Crippen molar-refractivity contribution in [2.75, 3.05) is 16.9 Å². The summed E-state index contributed by atoms with van der Waals surface area (Å²) in [5.41, 5.74) is 1.49. The van der Waals surface area contributed by atoms with Crippen LogP contribution >= 0.6 is 11.8 Å². The van der Waals surface area contributed by atoms with Crippen LogP contribution in [0.25, 0.3) is 0 Å². The number of benzene rings is 2. The summed E-state index contributed by atoms with van der Waals surface area (Å²) < 4.78 is 14.8. The van der Waals surface area contributed by atoms with Crippen molar-refractivity contribution >= 4 is 40.8 Å². The van der Waals surface area contributed by atoms with Crippen LogP contribution in [0.15, 0.2) is 41.3 Å². The Labute approximate surface area is 174 Å². The molecule has 0 aliphatic rings. The number of rotatable bonds is 6. The van der Waals surface area contributed by atoms with E-state index in [0.29, 0.717) is 16.9 Å². The summed E-state index contributed by atoms with van der Waals surface area (Å²) in [6, 6.07) is 9.53. The Morgan fingerprint density at radius 1 is 1.10 bits per heavy atom. The fraction of sp³-hybridized carbons (Fsp3) is 0.333. The maximum Gasteiger partial charge on any atom is 0.405 e. The minimum atomic E-state index is -1.30. The molecule has 1 atom stereocenters. The normalized spacial score (nSPS) is 12.2. The van der Waals surface area contributed by atoms with Crippen molar-refractivity contribution in [1.29, 1.82) is 0 Å². The Kier molecular flexibility index (Phi) is 7.13. The first-order valence-corrected chi connectivity index (χ1v) is 10.3. The van der Waals surface area contributed by atoms with Gasteiger partial charge in [0.25, 0.3) is 0 Å². The van der Waals surface area contributed by atoms with Crippen LogP contribution in [0.2, 0.25) is 0 Å². The predicted molar refractivity (Wildman–Crippen MR) is 116 cm³/mol. The summed E-state index contributed by atoms with van der Waals surface area (Å²) in [6.45, 7) is 7.07. The number of para-hydroxylation sites is 1. The van der Waals surface area contributed by atoms with E-state index in [9.17, 15) is 14.0 Å². The van der Waals surface area contributed by atoms with Gasteiger partial charge in [0.1, 0.15) is 11.9 Å². The van der Waals surface area contributed by atoms with Gasteiger partial charge in [-0.25, -0.2) is 9.18 Å². The number of nitrogens with one attached hydrogen (secondary N) is 3. The summed E-state index contributed by atoms with van der Waals surface area (Å²) in [4.78, 5) is 24.2. The van der Waals surface area contributed by atoms with Crippen LogP contribution in [-0.4, -0.2) is 29.4 Å². The Morgan fingerprint density at radius 3 is 2.34 bits per heavy atom. The number of amides is 2. The van der Waals surface area contributed by atoms with Crippen molar-refractivity contribution in [2.45, 2.75) is 44.0 Å². The molecule has 2 rings (SSSR count). The first kappa shape index (κ1) is 22.5. The number of hydrogen-bond acceptors (Lipinski definition) is 4. The molecule has 2 aromatic carbocycles. The lowest BCUT2D eigenvalue weighted by molar-refractivity contribution is -0.117. The zero-order valence-electron chi connectivity index (χ0n) is 17.1. The van der Waals surface area contributed by atoms with Gasteiger partial charge < -0.3 is 21.1 Å². The van der Waals surface area contributed by atoms with E-state index in [2.05, 4.69) is 16.0 Å². The molecule has 0 bridgehead atoms. The SMILES string of the molecule is CSc1ccccc1Nc1cc(F)c(C(C)(C)C)cc1NC(=O)C(C)NC(=O)O. The minimum absolute atomic E-state index is 0.372. The number of hydrogen-bond donors (Lipinski definition) is 4. The fourth-order valence-electron chi connectivity index (χ4n) is 2.74. The van der Waals surface area contributed by atoms with Crippen LogP contribution < -0.4 is 16.0 Å². The highest BCUT2D eigenvalue weighted by Gasteiger charge is 2.23. The topological polar surface area (TPSA) is 90.5 Å². The maximum atomic E-state index is 14.8. The highest BCUT2D eigenvalue weighted by atomic mass is 32.2. The van der Waals surface area contributed by atoms with E-state index < -0.39 is 29.3 Å². The van der Waals surface area contributed by atoms with E-state index >= 15 is 0 Å². The third-order valence-corrected chi connectivity index (χ3v) is 5.08. The maximum absolute atomic E-state index is 14.8. The molecule has 0 radical (unpaired) electrons. The second-order valence-corrected chi connectivity index (χ2v) is 8.46. The zero-order chi connectivity index (χ0) is 21.8. The van der Waals surface area contributed by atoms with E-state index in [1.165, 1.54) is 24.8 Å². The predicted octanol–water partition coefficient (Wildman–Crippen LogP) is 5.18. The summed E-state index contributed by atoms with van der Waals surface area (Å²) in [6.07, 6.45) is 0.639. The van der Waals surface area contributed by atoms with Gasteiger partial charge in [0, 0.05) is 4.90 Å². The molecule has 8 heteroatoms. The third-order valence-electron chi connectivity index (χ3n) is 4.28. The third kappa shape index (κ3) is 5.87. The van der Waals surface area contributed by atoms with Crippen LogP contribution in [0.5, 0.6) is 0 Å². The smallest absolute Gasteiger partial charge is 0.405 e. The molecular weight excluding hydrogens is 393 g/mol. The van der Waals surface area contributed by atoms with E-state index in [1.807, 2.05) is 51.3 Å². The van der Waals surface area contributed by atoms with Crippen LogP contribution in [-0.2, 0) is 10.2 Å². The monoisotopic (exact) mass is 419 g/mol. The van der Waals surface area contributed by atoms with Gasteiger partial charge in [-0.3, -0.25) is 4.79 Å². The molecule has 0 heterocycles. The summed E-state index contributed by atoms with van der Waals surface area (Å²) >= 11 is 1.54. The van der Waals surface area contributed by atoms with Gasteiger partial charge in [-0.1, -0.05) is 32.9 Å². The number of halogens is 1. The molecule has 29 heavy (non-hydrogen) atoms. The summed E-state index contributed by atoms with van der Waals surface area (Å²) in [7, 11) is 0.